The van der Waals surface area contributed by atoms with Crippen LogP contribution in [0.4, 0.5) is 15.8 Å². The molecule has 1 aliphatic rings. The molecule has 0 aromatic heterocycles. The van der Waals surface area contributed by atoms with E-state index in [-0.39, 0.29) is 11.4 Å². The maximum atomic E-state index is 13.6. The van der Waals surface area contributed by atoms with Crippen molar-refractivity contribution in [3.63, 3.8) is 0 Å². The molecule has 1 aromatic carbocycles. The largest absolute Gasteiger partial charge is 0.381 e. The van der Waals surface area contributed by atoms with E-state index in [1.165, 1.54) is 0 Å². The van der Waals surface area contributed by atoms with Crippen LogP contribution in [-0.2, 0) is 0 Å². The predicted molar refractivity (Wildman–Crippen MR) is 69.7 cm³/mol. The highest BCUT2D eigenvalue weighted by Crippen LogP contribution is 2.38. The normalized spacial score (nSPS) is 17.9. The van der Waals surface area contributed by atoms with E-state index in [2.05, 4.69) is 46.9 Å². The van der Waals surface area contributed by atoms with Crippen molar-refractivity contribution in [3.05, 3.63) is 22.4 Å². The second-order valence-electron chi connectivity index (χ2n) is 4.69. The molecule has 16 heavy (non-hydrogen) atoms. The average molecular weight is 287 g/mol. The molecule has 2 rings (SSSR count). The van der Waals surface area contributed by atoms with Crippen molar-refractivity contribution in [2.75, 3.05) is 23.3 Å². The van der Waals surface area contributed by atoms with Crippen LogP contribution >= 0.6 is 15.9 Å². The van der Waals surface area contributed by atoms with Crippen LogP contribution in [0, 0.1) is 5.82 Å². The van der Waals surface area contributed by atoms with Gasteiger partial charge in [0.2, 0.25) is 0 Å². The third-order valence-corrected chi connectivity index (χ3v) is 3.70. The first-order valence-electron chi connectivity index (χ1n) is 5.46. The number of anilines is 2. The molecule has 0 radical (unpaired) electrons. The Balaban J connectivity index is 2.53. The molecule has 1 aromatic rings. The van der Waals surface area contributed by atoms with Gasteiger partial charge in [0.05, 0.1) is 21.4 Å². The molecule has 0 unspecified atom stereocenters. The number of benzene rings is 1. The first kappa shape index (κ1) is 11.7. The van der Waals surface area contributed by atoms with E-state index in [0.717, 1.165) is 24.5 Å². The molecule has 4 heteroatoms. The van der Waals surface area contributed by atoms with Gasteiger partial charge in [0.25, 0.3) is 0 Å². The van der Waals surface area contributed by atoms with Gasteiger partial charge in [-0.1, -0.05) is 0 Å². The van der Waals surface area contributed by atoms with Gasteiger partial charge < -0.3 is 10.2 Å². The summed E-state index contributed by atoms with van der Waals surface area (Å²) in [5, 5.41) is 3.35. The van der Waals surface area contributed by atoms with E-state index in [9.17, 15) is 4.39 Å². The minimum absolute atomic E-state index is 0.0159. The summed E-state index contributed by atoms with van der Waals surface area (Å²) in [5.41, 5.74) is 1.95. The molecule has 88 valence electrons. The number of likely N-dealkylation sites (N-methyl/N-ethyl adjacent to an activating group) is 1. The smallest absolute Gasteiger partial charge is 0.139 e. The molecule has 0 amide bonds. The number of halogens is 2. The van der Waals surface area contributed by atoms with Gasteiger partial charge in [0.15, 0.2) is 0 Å². The molecule has 0 aliphatic carbocycles. The maximum absolute atomic E-state index is 13.6. The molecule has 0 saturated heterocycles. The molecule has 0 fully saturated rings. The Hall–Kier alpha value is -0.770. The summed E-state index contributed by atoms with van der Waals surface area (Å²) in [6.07, 6.45) is 0. The van der Waals surface area contributed by atoms with Crippen molar-refractivity contribution >= 4 is 27.3 Å². The van der Waals surface area contributed by atoms with Crippen LogP contribution in [0.15, 0.2) is 16.6 Å². The van der Waals surface area contributed by atoms with E-state index in [1.54, 1.807) is 6.07 Å². The lowest BCUT2D eigenvalue weighted by atomic mass is 9.97. The molecule has 2 nitrogen and oxygen atoms in total. The zero-order chi connectivity index (χ0) is 11.9. The third kappa shape index (κ3) is 1.79. The zero-order valence-corrected chi connectivity index (χ0v) is 11.4. The second-order valence-corrected chi connectivity index (χ2v) is 5.55. The molecule has 0 bridgehead atoms. The fourth-order valence-electron chi connectivity index (χ4n) is 2.23. The SMILES string of the molecule is CCN1c2cc(F)c(Br)cc2NCC1(C)C. The van der Waals surface area contributed by atoms with Crippen LogP contribution < -0.4 is 10.2 Å². The van der Waals surface area contributed by atoms with Gasteiger partial charge >= 0.3 is 0 Å². The molecule has 1 heterocycles. The lowest BCUT2D eigenvalue weighted by molar-refractivity contribution is 0.478. The van der Waals surface area contributed by atoms with Crippen molar-refractivity contribution in [3.8, 4) is 0 Å². The average Bonchev–Trinajstić information content (AvgIpc) is 2.20. The lowest BCUT2D eigenvalue weighted by Crippen LogP contribution is -2.52. The monoisotopic (exact) mass is 286 g/mol. The van der Waals surface area contributed by atoms with Crippen LogP contribution in [0.3, 0.4) is 0 Å². The number of nitrogens with zero attached hydrogens (tertiary/aromatic N) is 1. The van der Waals surface area contributed by atoms with E-state index < -0.39 is 0 Å². The Morgan fingerprint density at radius 2 is 2.19 bits per heavy atom. The Labute approximate surface area is 104 Å². The summed E-state index contributed by atoms with van der Waals surface area (Å²) in [6.45, 7) is 8.16. The number of hydrogen-bond donors (Lipinski definition) is 1. The summed E-state index contributed by atoms with van der Waals surface area (Å²) in [4.78, 5) is 2.23. The van der Waals surface area contributed by atoms with E-state index >= 15 is 0 Å². The highest BCUT2D eigenvalue weighted by molar-refractivity contribution is 9.10. The lowest BCUT2D eigenvalue weighted by Gasteiger charge is -2.45. The topological polar surface area (TPSA) is 15.3 Å². The molecular weight excluding hydrogens is 271 g/mol. The van der Waals surface area contributed by atoms with Gasteiger partial charge in [-0.25, -0.2) is 4.39 Å². The maximum Gasteiger partial charge on any atom is 0.139 e. The van der Waals surface area contributed by atoms with Gasteiger partial charge in [-0.05, 0) is 42.8 Å². The van der Waals surface area contributed by atoms with Gasteiger partial charge in [-0.3, -0.25) is 0 Å². The zero-order valence-electron chi connectivity index (χ0n) is 9.77. The van der Waals surface area contributed by atoms with Crippen molar-refractivity contribution in [1.29, 1.82) is 0 Å². The van der Waals surface area contributed by atoms with Crippen molar-refractivity contribution in [2.24, 2.45) is 0 Å². The van der Waals surface area contributed by atoms with Gasteiger partial charge in [-0.2, -0.15) is 0 Å². The van der Waals surface area contributed by atoms with Gasteiger partial charge in [0, 0.05) is 19.2 Å². The summed E-state index contributed by atoms with van der Waals surface area (Å²) >= 11 is 3.21. The quantitative estimate of drug-likeness (QED) is 0.848. The van der Waals surface area contributed by atoms with E-state index in [0.29, 0.717) is 4.47 Å². The highest BCUT2D eigenvalue weighted by Gasteiger charge is 2.32. The summed E-state index contributed by atoms with van der Waals surface area (Å²) in [5.74, 6) is -0.211. The summed E-state index contributed by atoms with van der Waals surface area (Å²) in [7, 11) is 0. The van der Waals surface area contributed by atoms with Crippen LogP contribution in [-0.4, -0.2) is 18.6 Å². The van der Waals surface area contributed by atoms with Crippen LogP contribution in [0.25, 0.3) is 0 Å². The highest BCUT2D eigenvalue weighted by atomic mass is 79.9. The Morgan fingerprint density at radius 3 is 2.81 bits per heavy atom. The van der Waals surface area contributed by atoms with Crippen molar-refractivity contribution in [2.45, 2.75) is 26.3 Å². The predicted octanol–water partition coefficient (Wildman–Crippen LogP) is 3.62. The Morgan fingerprint density at radius 1 is 1.50 bits per heavy atom. The van der Waals surface area contributed by atoms with Gasteiger partial charge in [-0.15, -0.1) is 0 Å². The van der Waals surface area contributed by atoms with E-state index in [4.69, 9.17) is 0 Å². The minimum atomic E-state index is -0.211. The molecule has 0 atom stereocenters. The Bertz CT molecular complexity index is 418. The standard InChI is InChI=1S/C12H16BrFN2/c1-4-16-11-6-9(14)8(13)5-10(11)15-7-12(16,2)3/h5-6,15H,4,7H2,1-3H3. The number of rotatable bonds is 1. The number of fused-ring (bicyclic) bond motifs is 1. The summed E-state index contributed by atoms with van der Waals surface area (Å²) < 4.78 is 14.1. The minimum Gasteiger partial charge on any atom is -0.381 e. The van der Waals surface area contributed by atoms with Crippen molar-refractivity contribution < 1.29 is 4.39 Å². The first-order chi connectivity index (χ1) is 7.45. The van der Waals surface area contributed by atoms with Crippen LogP contribution in [0.1, 0.15) is 20.8 Å². The molecule has 1 N–H and O–H groups in total. The molecular formula is C12H16BrFN2. The number of nitrogens with one attached hydrogen (secondary N) is 1. The second kappa shape index (κ2) is 3.91. The van der Waals surface area contributed by atoms with Gasteiger partial charge in [0.1, 0.15) is 5.82 Å². The van der Waals surface area contributed by atoms with Crippen LogP contribution in [0.5, 0.6) is 0 Å². The Kier molecular flexibility index (Phi) is 2.86. The molecule has 0 saturated carbocycles. The summed E-state index contributed by atoms with van der Waals surface area (Å²) in [6, 6.07) is 3.40. The van der Waals surface area contributed by atoms with E-state index in [1.807, 2.05) is 6.07 Å². The number of hydrogen-bond acceptors (Lipinski definition) is 2. The fourth-order valence-corrected chi connectivity index (χ4v) is 2.58. The third-order valence-electron chi connectivity index (χ3n) is 3.09. The first-order valence-corrected chi connectivity index (χ1v) is 6.25. The molecule has 1 aliphatic heterocycles. The fraction of sp³-hybridized carbons (Fsp3) is 0.500. The van der Waals surface area contributed by atoms with Crippen molar-refractivity contribution in [1.82, 2.24) is 0 Å². The van der Waals surface area contributed by atoms with Crippen LogP contribution in [0.2, 0.25) is 0 Å². The molecule has 0 spiro atoms.